The lowest BCUT2D eigenvalue weighted by atomic mass is 10.1. The van der Waals surface area contributed by atoms with Crippen molar-refractivity contribution in [1.29, 1.82) is 0 Å². The highest BCUT2D eigenvalue weighted by Crippen LogP contribution is 2.26. The number of hydrogen-bond donors (Lipinski definition) is 0. The molecule has 0 saturated heterocycles. The smallest absolute Gasteiger partial charge is 0.271 e. The Labute approximate surface area is 158 Å². The van der Waals surface area contributed by atoms with E-state index >= 15 is 0 Å². The molecule has 0 saturated carbocycles. The SMILES string of the molecule is CS(=O)(=O)N=c1scc(-c2ccc(Cl)cc2)n1-c1cccc([N+](=O)[O-])c1. The van der Waals surface area contributed by atoms with Gasteiger partial charge in [0.15, 0.2) is 0 Å². The molecular formula is C16H12ClN3O4S2. The molecule has 3 rings (SSSR count). The van der Waals surface area contributed by atoms with Crippen molar-refractivity contribution < 1.29 is 13.3 Å². The summed E-state index contributed by atoms with van der Waals surface area (Å²) in [7, 11) is -3.65. The van der Waals surface area contributed by atoms with E-state index in [9.17, 15) is 18.5 Å². The van der Waals surface area contributed by atoms with Gasteiger partial charge in [-0.05, 0) is 23.8 Å². The minimum absolute atomic E-state index is 0.103. The third-order valence-electron chi connectivity index (χ3n) is 3.39. The molecule has 2 aromatic carbocycles. The van der Waals surface area contributed by atoms with Crippen LogP contribution in [0.4, 0.5) is 5.69 Å². The molecule has 134 valence electrons. The Morgan fingerprint density at radius 1 is 1.19 bits per heavy atom. The molecule has 0 radical (unpaired) electrons. The van der Waals surface area contributed by atoms with Crippen molar-refractivity contribution in [2.75, 3.05) is 6.26 Å². The van der Waals surface area contributed by atoms with Crippen molar-refractivity contribution >= 4 is 38.6 Å². The zero-order valence-electron chi connectivity index (χ0n) is 13.4. The van der Waals surface area contributed by atoms with E-state index in [4.69, 9.17) is 11.6 Å². The summed E-state index contributed by atoms with van der Waals surface area (Å²) in [6.45, 7) is 0. The number of nitro groups is 1. The van der Waals surface area contributed by atoms with Gasteiger partial charge in [-0.15, -0.1) is 15.7 Å². The van der Waals surface area contributed by atoms with Gasteiger partial charge in [0.2, 0.25) is 4.80 Å². The van der Waals surface area contributed by atoms with Gasteiger partial charge in [0.1, 0.15) is 0 Å². The molecule has 26 heavy (non-hydrogen) atoms. The van der Waals surface area contributed by atoms with E-state index < -0.39 is 14.9 Å². The van der Waals surface area contributed by atoms with E-state index in [1.54, 1.807) is 40.3 Å². The van der Waals surface area contributed by atoms with Crippen molar-refractivity contribution in [2.45, 2.75) is 0 Å². The Bertz CT molecular complexity index is 1150. The van der Waals surface area contributed by atoms with E-state index in [-0.39, 0.29) is 10.5 Å². The van der Waals surface area contributed by atoms with Crippen LogP contribution in [-0.4, -0.2) is 24.2 Å². The first kappa shape index (κ1) is 18.3. The number of rotatable bonds is 4. The summed E-state index contributed by atoms with van der Waals surface area (Å²) >= 11 is 7.05. The molecule has 0 bridgehead atoms. The number of halogens is 1. The zero-order valence-corrected chi connectivity index (χ0v) is 15.8. The first-order valence-electron chi connectivity index (χ1n) is 7.22. The van der Waals surface area contributed by atoms with Gasteiger partial charge in [0, 0.05) is 22.5 Å². The third-order valence-corrected chi connectivity index (χ3v) is 5.09. The van der Waals surface area contributed by atoms with Crippen molar-refractivity contribution in [3.05, 3.63) is 73.8 Å². The summed E-state index contributed by atoms with van der Waals surface area (Å²) in [6.07, 6.45) is 0.993. The topological polar surface area (TPSA) is 94.6 Å². The number of hydrogen-bond acceptors (Lipinski definition) is 5. The van der Waals surface area contributed by atoms with Crippen LogP contribution in [0.1, 0.15) is 0 Å². The Morgan fingerprint density at radius 2 is 1.88 bits per heavy atom. The quantitative estimate of drug-likeness (QED) is 0.485. The van der Waals surface area contributed by atoms with Gasteiger partial charge < -0.3 is 0 Å². The van der Waals surface area contributed by atoms with Gasteiger partial charge in [-0.25, -0.2) is 8.42 Å². The van der Waals surface area contributed by atoms with Gasteiger partial charge in [-0.2, -0.15) is 0 Å². The fourth-order valence-electron chi connectivity index (χ4n) is 2.33. The minimum atomic E-state index is -3.65. The molecule has 0 fully saturated rings. The highest BCUT2D eigenvalue weighted by molar-refractivity contribution is 7.89. The lowest BCUT2D eigenvalue weighted by molar-refractivity contribution is -0.384. The van der Waals surface area contributed by atoms with Crippen molar-refractivity contribution in [1.82, 2.24) is 4.57 Å². The number of nitro benzene ring substituents is 1. The Kier molecular flexibility index (Phi) is 4.94. The molecule has 1 heterocycles. The van der Waals surface area contributed by atoms with Crippen molar-refractivity contribution in [3.8, 4) is 16.9 Å². The normalized spacial score (nSPS) is 12.3. The van der Waals surface area contributed by atoms with Gasteiger partial charge in [-0.1, -0.05) is 29.8 Å². The monoisotopic (exact) mass is 409 g/mol. The maximum atomic E-state index is 11.7. The van der Waals surface area contributed by atoms with Gasteiger partial charge in [0.05, 0.1) is 22.6 Å². The predicted octanol–water partition coefficient (Wildman–Crippen LogP) is 3.63. The summed E-state index contributed by atoms with van der Waals surface area (Å²) in [5.74, 6) is 0. The maximum absolute atomic E-state index is 11.7. The molecule has 0 amide bonds. The number of thiazole rings is 1. The summed E-state index contributed by atoms with van der Waals surface area (Å²) in [6, 6.07) is 12.9. The molecule has 0 aliphatic rings. The average Bonchev–Trinajstić information content (AvgIpc) is 2.97. The first-order chi connectivity index (χ1) is 12.2. The molecule has 3 aromatic rings. The summed E-state index contributed by atoms with van der Waals surface area (Å²) < 4.78 is 28.6. The van der Waals surface area contributed by atoms with Crippen LogP contribution in [-0.2, 0) is 10.0 Å². The number of benzene rings is 2. The number of sulfonamides is 1. The highest BCUT2D eigenvalue weighted by atomic mass is 35.5. The van der Waals surface area contributed by atoms with Crippen molar-refractivity contribution in [3.63, 3.8) is 0 Å². The lowest BCUT2D eigenvalue weighted by Gasteiger charge is -2.09. The van der Waals surface area contributed by atoms with E-state index in [0.29, 0.717) is 16.4 Å². The van der Waals surface area contributed by atoms with Crippen LogP contribution in [0, 0.1) is 10.1 Å². The fourth-order valence-corrected chi connectivity index (χ4v) is 4.17. The molecular weight excluding hydrogens is 398 g/mol. The molecule has 0 atom stereocenters. The molecule has 0 aliphatic carbocycles. The van der Waals surface area contributed by atoms with E-state index in [0.717, 1.165) is 23.2 Å². The summed E-state index contributed by atoms with van der Waals surface area (Å²) in [5, 5.41) is 13.4. The van der Waals surface area contributed by atoms with Crippen LogP contribution in [0.2, 0.25) is 5.02 Å². The fraction of sp³-hybridized carbons (Fsp3) is 0.0625. The number of nitrogens with zero attached hydrogens (tertiary/aromatic N) is 3. The maximum Gasteiger partial charge on any atom is 0.271 e. The zero-order chi connectivity index (χ0) is 18.9. The standard InChI is InChI=1S/C16H12ClN3O4S2/c1-26(23,24)18-16-19(13-3-2-4-14(9-13)20(21)22)15(10-25-16)11-5-7-12(17)8-6-11/h2-10H,1H3. The van der Waals surface area contributed by atoms with Crippen LogP contribution in [0.3, 0.4) is 0 Å². The summed E-state index contributed by atoms with van der Waals surface area (Å²) in [5.41, 5.74) is 1.75. The predicted molar refractivity (Wildman–Crippen MR) is 101 cm³/mol. The first-order valence-corrected chi connectivity index (χ1v) is 10.3. The number of aromatic nitrogens is 1. The third kappa shape index (κ3) is 4.01. The van der Waals surface area contributed by atoms with Crippen LogP contribution in [0.5, 0.6) is 0 Å². The average molecular weight is 410 g/mol. The van der Waals surface area contributed by atoms with Gasteiger partial charge in [0.25, 0.3) is 15.7 Å². The van der Waals surface area contributed by atoms with Gasteiger partial charge >= 0.3 is 0 Å². The minimum Gasteiger partial charge on any atom is -0.284 e. The van der Waals surface area contributed by atoms with Gasteiger partial charge in [-0.3, -0.25) is 14.7 Å². The van der Waals surface area contributed by atoms with Crippen LogP contribution in [0.25, 0.3) is 16.9 Å². The molecule has 1 aromatic heterocycles. The second-order valence-electron chi connectivity index (χ2n) is 5.35. The molecule has 0 unspecified atom stereocenters. The summed E-state index contributed by atoms with van der Waals surface area (Å²) in [4.78, 5) is 10.8. The molecule has 0 aliphatic heterocycles. The van der Waals surface area contributed by atoms with Crippen LogP contribution < -0.4 is 4.80 Å². The van der Waals surface area contributed by atoms with Crippen LogP contribution >= 0.6 is 22.9 Å². The van der Waals surface area contributed by atoms with E-state index in [2.05, 4.69) is 4.40 Å². The number of non-ortho nitro benzene ring substituents is 1. The highest BCUT2D eigenvalue weighted by Gasteiger charge is 2.14. The Morgan fingerprint density at radius 3 is 2.50 bits per heavy atom. The van der Waals surface area contributed by atoms with Crippen LogP contribution in [0.15, 0.2) is 58.3 Å². The second kappa shape index (κ2) is 7.02. The molecule has 7 nitrogen and oxygen atoms in total. The molecule has 0 N–H and O–H groups in total. The van der Waals surface area contributed by atoms with E-state index in [1.807, 2.05) is 0 Å². The molecule has 10 heteroatoms. The van der Waals surface area contributed by atoms with E-state index in [1.165, 1.54) is 18.2 Å². The molecule has 0 spiro atoms. The second-order valence-corrected chi connectivity index (χ2v) is 8.27. The van der Waals surface area contributed by atoms with Crippen molar-refractivity contribution in [2.24, 2.45) is 4.40 Å². The Balaban J connectivity index is 2.32. The Hall–Kier alpha value is -2.49. The largest absolute Gasteiger partial charge is 0.284 e. The lowest BCUT2D eigenvalue weighted by Crippen LogP contribution is -2.16.